The van der Waals surface area contributed by atoms with E-state index in [9.17, 15) is 9.59 Å². The maximum absolute atomic E-state index is 11.7. The van der Waals surface area contributed by atoms with E-state index in [-0.39, 0.29) is 18.6 Å². The van der Waals surface area contributed by atoms with Crippen LogP contribution < -0.4 is 10.6 Å². The molecular weight excluding hydrogens is 252 g/mol. The summed E-state index contributed by atoms with van der Waals surface area (Å²) in [6, 6.07) is 1.53. The van der Waals surface area contributed by atoms with Crippen molar-refractivity contribution in [3.8, 4) is 0 Å². The van der Waals surface area contributed by atoms with Crippen LogP contribution in [-0.2, 0) is 9.59 Å². The van der Waals surface area contributed by atoms with Gasteiger partial charge in [0.25, 0.3) is 0 Å². The van der Waals surface area contributed by atoms with Crippen molar-refractivity contribution in [3.05, 3.63) is 16.8 Å². The second-order valence-corrected chi connectivity index (χ2v) is 5.08. The molecule has 1 aromatic heterocycles. The van der Waals surface area contributed by atoms with Crippen LogP contribution in [0.1, 0.15) is 20.3 Å². The Morgan fingerprint density at radius 2 is 2.11 bits per heavy atom. The van der Waals surface area contributed by atoms with Gasteiger partial charge in [0.15, 0.2) is 0 Å². The number of anilines is 1. The molecule has 0 radical (unpaired) electrons. The van der Waals surface area contributed by atoms with E-state index in [2.05, 4.69) is 10.6 Å². The normalized spacial score (nSPS) is 12.2. The first-order valence-corrected chi connectivity index (χ1v) is 6.73. The lowest BCUT2D eigenvalue weighted by Crippen LogP contribution is -2.44. The molecule has 0 aliphatic carbocycles. The third-order valence-corrected chi connectivity index (χ3v) is 3.23. The zero-order chi connectivity index (χ0) is 13.5. The van der Waals surface area contributed by atoms with Crippen LogP contribution in [0.4, 0.5) is 5.69 Å². The van der Waals surface area contributed by atoms with Gasteiger partial charge in [-0.2, -0.15) is 11.3 Å². The van der Waals surface area contributed by atoms with Crippen LogP contribution >= 0.6 is 11.3 Å². The number of hydrogen-bond acceptors (Lipinski definition) is 4. The fourth-order valence-corrected chi connectivity index (χ4v) is 2.06. The summed E-state index contributed by atoms with van der Waals surface area (Å²) in [6.07, 6.45) is 0.440. The van der Waals surface area contributed by atoms with Gasteiger partial charge >= 0.3 is 11.8 Å². The second-order valence-electron chi connectivity index (χ2n) is 4.30. The van der Waals surface area contributed by atoms with Crippen molar-refractivity contribution in [1.82, 2.24) is 5.32 Å². The highest BCUT2D eigenvalue weighted by Crippen LogP contribution is 2.11. The van der Waals surface area contributed by atoms with Gasteiger partial charge in [0.05, 0.1) is 5.69 Å². The Morgan fingerprint density at radius 3 is 2.61 bits per heavy atom. The minimum atomic E-state index is -0.683. The molecule has 0 saturated heterocycles. The van der Waals surface area contributed by atoms with Crippen molar-refractivity contribution < 1.29 is 14.7 Å². The average molecular weight is 270 g/mol. The molecule has 0 spiro atoms. The lowest BCUT2D eigenvalue weighted by Gasteiger charge is -2.20. The number of aliphatic hydroxyl groups is 1. The van der Waals surface area contributed by atoms with E-state index in [0.29, 0.717) is 12.1 Å². The highest BCUT2D eigenvalue weighted by molar-refractivity contribution is 7.08. The molecule has 6 heteroatoms. The molecule has 1 rings (SSSR count). The first kappa shape index (κ1) is 14.7. The quantitative estimate of drug-likeness (QED) is 0.704. The zero-order valence-electron chi connectivity index (χ0n) is 10.5. The Hall–Kier alpha value is -1.40. The van der Waals surface area contributed by atoms with Crippen molar-refractivity contribution >= 4 is 28.8 Å². The Bertz CT molecular complexity index is 390. The summed E-state index contributed by atoms with van der Waals surface area (Å²) in [6.45, 7) is 3.84. The molecule has 3 N–H and O–H groups in total. The van der Waals surface area contributed by atoms with Crippen molar-refractivity contribution in [3.63, 3.8) is 0 Å². The van der Waals surface area contributed by atoms with E-state index in [1.165, 1.54) is 11.3 Å². The van der Waals surface area contributed by atoms with Crippen molar-refractivity contribution in [2.24, 2.45) is 5.92 Å². The first-order valence-electron chi connectivity index (χ1n) is 5.79. The molecule has 1 aromatic rings. The molecule has 18 heavy (non-hydrogen) atoms. The van der Waals surface area contributed by atoms with Crippen LogP contribution in [-0.4, -0.2) is 29.6 Å². The van der Waals surface area contributed by atoms with Gasteiger partial charge in [-0.1, -0.05) is 13.8 Å². The van der Waals surface area contributed by atoms with E-state index >= 15 is 0 Å². The highest BCUT2D eigenvalue weighted by Gasteiger charge is 2.20. The minimum Gasteiger partial charge on any atom is -0.396 e. The van der Waals surface area contributed by atoms with Gasteiger partial charge in [-0.3, -0.25) is 9.59 Å². The smallest absolute Gasteiger partial charge is 0.313 e. The van der Waals surface area contributed by atoms with E-state index in [1.54, 1.807) is 11.4 Å². The summed E-state index contributed by atoms with van der Waals surface area (Å²) in [4.78, 5) is 23.2. The molecule has 0 aliphatic rings. The third kappa shape index (κ3) is 4.46. The molecule has 0 saturated carbocycles. The van der Waals surface area contributed by atoms with Gasteiger partial charge < -0.3 is 15.7 Å². The molecule has 0 aliphatic heterocycles. The second kappa shape index (κ2) is 7.13. The number of carbonyl (C=O) groups excluding carboxylic acids is 2. The summed E-state index contributed by atoms with van der Waals surface area (Å²) in [5.41, 5.74) is 0.614. The van der Waals surface area contributed by atoms with Crippen LogP contribution in [0, 0.1) is 5.92 Å². The monoisotopic (exact) mass is 270 g/mol. The Kier molecular flexibility index (Phi) is 5.80. The predicted octanol–water partition coefficient (Wildman–Crippen LogP) is 1.21. The number of aliphatic hydroxyl groups excluding tert-OH is 1. The Balaban J connectivity index is 2.50. The molecule has 0 fully saturated rings. The average Bonchev–Trinajstić information content (AvgIpc) is 2.80. The van der Waals surface area contributed by atoms with Crippen LogP contribution in [0.2, 0.25) is 0 Å². The molecule has 0 aromatic carbocycles. The molecule has 0 bridgehead atoms. The predicted molar refractivity (Wildman–Crippen MR) is 71.4 cm³/mol. The first-order chi connectivity index (χ1) is 8.54. The lowest BCUT2D eigenvalue weighted by atomic mass is 10.0. The Labute approximate surface area is 110 Å². The van der Waals surface area contributed by atoms with Gasteiger partial charge in [0.1, 0.15) is 0 Å². The molecule has 1 atom stereocenters. The fraction of sp³-hybridized carbons (Fsp3) is 0.500. The standard InChI is InChI=1S/C12H18N2O3S/c1-8(2)10(3-5-15)14-12(17)11(16)13-9-4-6-18-7-9/h4,6-8,10,15H,3,5H2,1-2H3,(H,13,16)(H,14,17). The number of hydrogen-bond donors (Lipinski definition) is 3. The van der Waals surface area contributed by atoms with Crippen LogP contribution in [0.25, 0.3) is 0 Å². The Morgan fingerprint density at radius 1 is 1.39 bits per heavy atom. The molecule has 1 unspecified atom stereocenters. The maximum Gasteiger partial charge on any atom is 0.313 e. The van der Waals surface area contributed by atoms with E-state index in [1.807, 2.05) is 19.2 Å². The van der Waals surface area contributed by atoms with Gasteiger partial charge in [0, 0.05) is 18.0 Å². The van der Waals surface area contributed by atoms with Crippen molar-refractivity contribution in [2.75, 3.05) is 11.9 Å². The molecule has 5 nitrogen and oxygen atoms in total. The largest absolute Gasteiger partial charge is 0.396 e. The third-order valence-electron chi connectivity index (χ3n) is 2.55. The highest BCUT2D eigenvalue weighted by atomic mass is 32.1. The SMILES string of the molecule is CC(C)C(CCO)NC(=O)C(=O)Nc1ccsc1. The van der Waals surface area contributed by atoms with E-state index in [4.69, 9.17) is 5.11 Å². The minimum absolute atomic E-state index is 0.0186. The van der Waals surface area contributed by atoms with E-state index in [0.717, 1.165) is 0 Å². The molecular formula is C12H18N2O3S. The van der Waals surface area contributed by atoms with Crippen molar-refractivity contribution in [2.45, 2.75) is 26.3 Å². The maximum atomic E-state index is 11.7. The summed E-state index contributed by atoms with van der Waals surface area (Å²) in [7, 11) is 0. The fourth-order valence-electron chi connectivity index (χ4n) is 1.47. The molecule has 1 heterocycles. The van der Waals surface area contributed by atoms with Gasteiger partial charge in [-0.15, -0.1) is 0 Å². The van der Waals surface area contributed by atoms with Crippen LogP contribution in [0.15, 0.2) is 16.8 Å². The zero-order valence-corrected chi connectivity index (χ0v) is 11.3. The number of amides is 2. The van der Waals surface area contributed by atoms with Gasteiger partial charge in [-0.25, -0.2) is 0 Å². The summed E-state index contributed by atoms with van der Waals surface area (Å²) in [5.74, 6) is -1.19. The van der Waals surface area contributed by atoms with Crippen LogP contribution in [0.3, 0.4) is 0 Å². The number of rotatable bonds is 5. The lowest BCUT2D eigenvalue weighted by molar-refractivity contribution is -0.136. The molecule has 2 amide bonds. The van der Waals surface area contributed by atoms with E-state index < -0.39 is 11.8 Å². The summed E-state index contributed by atoms with van der Waals surface area (Å²) >= 11 is 1.44. The summed E-state index contributed by atoms with van der Waals surface area (Å²) < 4.78 is 0. The van der Waals surface area contributed by atoms with Crippen molar-refractivity contribution in [1.29, 1.82) is 0 Å². The number of carbonyl (C=O) groups is 2. The molecule has 100 valence electrons. The van der Waals surface area contributed by atoms with Gasteiger partial charge in [-0.05, 0) is 23.8 Å². The van der Waals surface area contributed by atoms with Crippen LogP contribution in [0.5, 0.6) is 0 Å². The topological polar surface area (TPSA) is 78.4 Å². The number of thiophene rings is 1. The van der Waals surface area contributed by atoms with Gasteiger partial charge in [0.2, 0.25) is 0 Å². The summed E-state index contributed by atoms with van der Waals surface area (Å²) in [5, 5.41) is 17.6. The number of nitrogens with one attached hydrogen (secondary N) is 2.